The third-order valence-electron chi connectivity index (χ3n) is 3.87. The van der Waals surface area contributed by atoms with Crippen molar-refractivity contribution >= 4 is 22.4 Å². The number of halogens is 1. The predicted octanol–water partition coefficient (Wildman–Crippen LogP) is 3.78. The molecule has 3 aromatic rings. The zero-order chi connectivity index (χ0) is 17.2. The van der Waals surface area contributed by atoms with E-state index in [1.54, 1.807) is 18.2 Å². The second-order valence-electron chi connectivity index (χ2n) is 5.87. The van der Waals surface area contributed by atoms with E-state index in [1.165, 1.54) is 23.6 Å². The molecule has 1 aliphatic carbocycles. The van der Waals surface area contributed by atoms with Crippen LogP contribution >= 0.6 is 11.3 Å². The number of hydrogen-bond acceptors (Lipinski definition) is 6. The number of anilines is 1. The van der Waals surface area contributed by atoms with E-state index < -0.39 is 0 Å². The third kappa shape index (κ3) is 3.74. The largest absolute Gasteiger partial charge is 0.441 e. The monoisotopic (exact) mass is 358 g/mol. The van der Waals surface area contributed by atoms with Crippen molar-refractivity contribution < 1.29 is 13.6 Å². The van der Waals surface area contributed by atoms with Crippen molar-refractivity contribution in [3.63, 3.8) is 0 Å². The average Bonchev–Trinajstić information content (AvgIpc) is 3.17. The maximum absolute atomic E-state index is 13.7. The number of nitrogens with one attached hydrogen (secondary N) is 1. The fourth-order valence-corrected chi connectivity index (χ4v) is 3.32. The van der Waals surface area contributed by atoms with Gasteiger partial charge in [0, 0.05) is 18.8 Å². The summed E-state index contributed by atoms with van der Waals surface area (Å²) in [7, 11) is 0. The number of amides is 1. The van der Waals surface area contributed by atoms with Gasteiger partial charge in [-0.25, -0.2) is 9.37 Å². The quantitative estimate of drug-likeness (QED) is 0.725. The highest BCUT2D eigenvalue weighted by molar-refractivity contribution is 7.15. The van der Waals surface area contributed by atoms with Crippen molar-refractivity contribution in [3.05, 3.63) is 47.2 Å². The molecule has 1 saturated carbocycles. The van der Waals surface area contributed by atoms with Crippen LogP contribution in [0.25, 0.3) is 11.3 Å². The molecular formula is C17H15FN4O2S. The Morgan fingerprint density at radius 1 is 1.32 bits per heavy atom. The predicted molar refractivity (Wildman–Crippen MR) is 90.7 cm³/mol. The van der Waals surface area contributed by atoms with Crippen molar-refractivity contribution in [3.8, 4) is 11.3 Å². The van der Waals surface area contributed by atoms with Gasteiger partial charge in [0.2, 0.25) is 11.0 Å². The fraction of sp³-hybridized carbons (Fsp3) is 0.294. The van der Waals surface area contributed by atoms with Crippen LogP contribution in [0.1, 0.15) is 36.1 Å². The first-order chi connectivity index (χ1) is 12.2. The minimum Gasteiger partial charge on any atom is -0.441 e. The molecule has 0 spiro atoms. The van der Waals surface area contributed by atoms with E-state index >= 15 is 0 Å². The highest BCUT2D eigenvalue weighted by atomic mass is 32.1. The third-order valence-corrected chi connectivity index (χ3v) is 4.87. The molecule has 8 heteroatoms. The van der Waals surface area contributed by atoms with Crippen molar-refractivity contribution in [1.82, 2.24) is 15.2 Å². The molecule has 0 atom stereocenters. The summed E-state index contributed by atoms with van der Waals surface area (Å²) in [4.78, 5) is 16.1. The number of aromatic nitrogens is 3. The molecule has 0 saturated heterocycles. The Hall–Kier alpha value is -2.61. The van der Waals surface area contributed by atoms with E-state index in [1.807, 2.05) is 0 Å². The molecule has 2 heterocycles. The number of oxazole rings is 1. The Bertz CT molecular complexity index is 903. The van der Waals surface area contributed by atoms with Crippen LogP contribution in [0.5, 0.6) is 0 Å². The molecule has 0 unspecified atom stereocenters. The summed E-state index contributed by atoms with van der Waals surface area (Å²) in [5.41, 5.74) is 0.354. The molecule has 0 bridgehead atoms. The lowest BCUT2D eigenvalue weighted by atomic mass is 10.2. The molecule has 128 valence electrons. The van der Waals surface area contributed by atoms with Crippen molar-refractivity contribution in [2.45, 2.75) is 31.6 Å². The van der Waals surface area contributed by atoms with Crippen LogP contribution < -0.4 is 5.32 Å². The number of benzene rings is 1. The van der Waals surface area contributed by atoms with E-state index in [9.17, 15) is 9.18 Å². The Kier molecular flexibility index (Phi) is 4.27. The Labute approximate surface area is 147 Å². The molecule has 0 aliphatic heterocycles. The standard InChI is InChI=1S/C17H15FN4O2S/c18-12-4-2-1-3-11(12)13-9-19-15(24-13)8-7-14(23)20-17-22-21-16(25-17)10-5-6-10/h1-4,9-10H,5-8H2,(H,20,22,23). The zero-order valence-electron chi connectivity index (χ0n) is 13.2. The van der Waals surface area contributed by atoms with Gasteiger partial charge in [-0.15, -0.1) is 10.2 Å². The lowest BCUT2D eigenvalue weighted by molar-refractivity contribution is -0.116. The van der Waals surface area contributed by atoms with Gasteiger partial charge in [-0.05, 0) is 25.0 Å². The summed E-state index contributed by atoms with van der Waals surface area (Å²) < 4.78 is 19.3. The van der Waals surface area contributed by atoms with Crippen LogP contribution in [0.4, 0.5) is 9.52 Å². The smallest absolute Gasteiger partial charge is 0.226 e. The summed E-state index contributed by atoms with van der Waals surface area (Å²) in [5, 5.41) is 12.3. The number of carbonyl (C=O) groups excluding carboxylic acids is 1. The number of carbonyl (C=O) groups is 1. The topological polar surface area (TPSA) is 80.9 Å². The van der Waals surface area contributed by atoms with Crippen LogP contribution in [-0.4, -0.2) is 21.1 Å². The summed E-state index contributed by atoms with van der Waals surface area (Å²) in [5.74, 6) is 0.720. The van der Waals surface area contributed by atoms with Crippen LogP contribution in [0, 0.1) is 5.82 Å². The second-order valence-corrected chi connectivity index (χ2v) is 6.88. The number of aryl methyl sites for hydroxylation is 1. The fourth-order valence-electron chi connectivity index (χ4n) is 2.39. The Balaban J connectivity index is 1.33. The molecule has 4 rings (SSSR count). The Morgan fingerprint density at radius 3 is 2.96 bits per heavy atom. The first-order valence-corrected chi connectivity index (χ1v) is 8.83. The zero-order valence-corrected chi connectivity index (χ0v) is 14.1. The van der Waals surface area contributed by atoms with Crippen molar-refractivity contribution in [2.75, 3.05) is 5.32 Å². The van der Waals surface area contributed by atoms with Gasteiger partial charge in [0.25, 0.3) is 0 Å². The second kappa shape index (κ2) is 6.72. The van der Waals surface area contributed by atoms with Crippen molar-refractivity contribution in [1.29, 1.82) is 0 Å². The molecule has 25 heavy (non-hydrogen) atoms. The minimum absolute atomic E-state index is 0.177. The van der Waals surface area contributed by atoms with Crippen LogP contribution in [0.3, 0.4) is 0 Å². The average molecular weight is 358 g/mol. The van der Waals surface area contributed by atoms with Gasteiger partial charge >= 0.3 is 0 Å². The first kappa shape index (κ1) is 15.9. The Morgan fingerprint density at radius 2 is 2.16 bits per heavy atom. The molecule has 0 radical (unpaired) electrons. The van der Waals surface area contributed by atoms with Gasteiger partial charge < -0.3 is 9.73 Å². The van der Waals surface area contributed by atoms with Gasteiger partial charge in [-0.3, -0.25) is 4.79 Å². The highest BCUT2D eigenvalue weighted by Crippen LogP contribution is 2.42. The van der Waals surface area contributed by atoms with E-state index in [-0.39, 0.29) is 18.1 Å². The molecule has 2 aromatic heterocycles. The van der Waals surface area contributed by atoms with Crippen LogP contribution in [-0.2, 0) is 11.2 Å². The lowest BCUT2D eigenvalue weighted by Crippen LogP contribution is -2.12. The maximum atomic E-state index is 13.7. The van der Waals surface area contributed by atoms with Gasteiger partial charge in [-0.1, -0.05) is 23.5 Å². The molecule has 1 fully saturated rings. The SMILES string of the molecule is O=C(CCc1ncc(-c2ccccc2F)o1)Nc1nnc(C2CC2)s1. The minimum atomic E-state index is -0.370. The van der Waals surface area contributed by atoms with Crippen molar-refractivity contribution in [2.24, 2.45) is 0 Å². The summed E-state index contributed by atoms with van der Waals surface area (Å²) in [6.45, 7) is 0. The van der Waals surface area contributed by atoms with E-state index in [0.717, 1.165) is 17.8 Å². The molecule has 1 N–H and O–H groups in total. The van der Waals surface area contributed by atoms with Crippen LogP contribution in [0.15, 0.2) is 34.9 Å². The lowest BCUT2D eigenvalue weighted by Gasteiger charge is -1.99. The molecule has 1 aromatic carbocycles. The van der Waals surface area contributed by atoms with Crippen LogP contribution in [0.2, 0.25) is 0 Å². The number of rotatable bonds is 6. The molecule has 1 amide bonds. The highest BCUT2D eigenvalue weighted by Gasteiger charge is 2.27. The first-order valence-electron chi connectivity index (χ1n) is 8.02. The molecular weight excluding hydrogens is 343 g/mol. The van der Waals surface area contributed by atoms with Gasteiger partial charge in [0.05, 0.1) is 11.8 Å². The van der Waals surface area contributed by atoms with E-state index in [2.05, 4.69) is 20.5 Å². The molecule has 6 nitrogen and oxygen atoms in total. The summed E-state index contributed by atoms with van der Waals surface area (Å²) >= 11 is 1.42. The van der Waals surface area contributed by atoms with Gasteiger partial charge in [-0.2, -0.15) is 0 Å². The summed E-state index contributed by atoms with van der Waals surface area (Å²) in [6, 6.07) is 6.33. The van der Waals surface area contributed by atoms with E-state index in [4.69, 9.17) is 4.42 Å². The number of nitrogens with zero attached hydrogens (tertiary/aromatic N) is 3. The maximum Gasteiger partial charge on any atom is 0.226 e. The molecule has 1 aliphatic rings. The van der Waals surface area contributed by atoms with E-state index in [0.29, 0.717) is 34.7 Å². The summed E-state index contributed by atoms with van der Waals surface area (Å²) in [6.07, 6.45) is 4.30. The number of hydrogen-bond donors (Lipinski definition) is 1. The van der Waals surface area contributed by atoms with Gasteiger partial charge in [0.15, 0.2) is 11.7 Å². The van der Waals surface area contributed by atoms with Gasteiger partial charge in [0.1, 0.15) is 10.8 Å². The normalized spacial score (nSPS) is 13.8.